The lowest BCUT2D eigenvalue weighted by molar-refractivity contribution is -0.149. The Kier molecular flexibility index (Phi) is 4.86. The molecular weight excluding hydrogens is 260 g/mol. The molecule has 1 heterocycles. The Morgan fingerprint density at radius 3 is 2.50 bits per heavy atom. The number of carbonyl (C=O) groups is 2. The lowest BCUT2D eigenvalue weighted by atomic mass is 10.2. The molecule has 0 aromatic carbocycles. The van der Waals surface area contributed by atoms with Crippen LogP contribution in [0, 0.1) is 5.92 Å². The van der Waals surface area contributed by atoms with Crippen molar-refractivity contribution >= 4 is 12.0 Å². The normalized spacial score (nSPS) is 25.8. The van der Waals surface area contributed by atoms with E-state index < -0.39 is 12.1 Å². The van der Waals surface area contributed by atoms with Crippen molar-refractivity contribution in [1.29, 1.82) is 0 Å². The summed E-state index contributed by atoms with van der Waals surface area (Å²) in [5.74, 6) is -0.265. The standard InChI is InChI=1S/C14H24N2O4/c1-9(2)16(8-10-3-4-10)14(19)15-7-11-5-6-12(20-11)13(17)18/h9-12H,3-8H2,1-2H3,(H,15,19)(H,17,18). The minimum atomic E-state index is -0.920. The third-order valence-corrected chi connectivity index (χ3v) is 3.90. The van der Waals surface area contributed by atoms with Gasteiger partial charge in [-0.1, -0.05) is 0 Å². The van der Waals surface area contributed by atoms with Crippen LogP contribution in [-0.2, 0) is 9.53 Å². The Morgan fingerprint density at radius 1 is 1.30 bits per heavy atom. The highest BCUT2D eigenvalue weighted by Crippen LogP contribution is 2.30. The van der Waals surface area contributed by atoms with E-state index in [0.29, 0.717) is 25.3 Å². The van der Waals surface area contributed by atoms with Crippen molar-refractivity contribution in [2.24, 2.45) is 5.92 Å². The Labute approximate surface area is 119 Å². The first-order valence-electron chi connectivity index (χ1n) is 7.40. The molecular formula is C14H24N2O4. The Morgan fingerprint density at radius 2 is 2.00 bits per heavy atom. The number of ether oxygens (including phenoxy) is 1. The Hall–Kier alpha value is -1.30. The van der Waals surface area contributed by atoms with E-state index in [4.69, 9.17) is 9.84 Å². The maximum atomic E-state index is 12.2. The van der Waals surface area contributed by atoms with E-state index in [1.54, 1.807) is 0 Å². The van der Waals surface area contributed by atoms with Gasteiger partial charge in [-0.05, 0) is 45.4 Å². The van der Waals surface area contributed by atoms with Gasteiger partial charge in [-0.2, -0.15) is 0 Å². The van der Waals surface area contributed by atoms with Crippen LogP contribution in [0.15, 0.2) is 0 Å². The van der Waals surface area contributed by atoms with Crippen LogP contribution in [0.2, 0.25) is 0 Å². The summed E-state index contributed by atoms with van der Waals surface area (Å²) in [7, 11) is 0. The van der Waals surface area contributed by atoms with E-state index in [2.05, 4.69) is 5.32 Å². The SMILES string of the molecule is CC(C)N(CC1CC1)C(=O)NCC1CCC(C(=O)O)O1. The summed E-state index contributed by atoms with van der Waals surface area (Å²) in [4.78, 5) is 24.8. The van der Waals surface area contributed by atoms with E-state index >= 15 is 0 Å². The molecule has 6 nitrogen and oxygen atoms in total. The number of hydrogen-bond donors (Lipinski definition) is 2. The van der Waals surface area contributed by atoms with Crippen LogP contribution in [0.3, 0.4) is 0 Å². The van der Waals surface area contributed by atoms with Crippen molar-refractivity contribution in [3.8, 4) is 0 Å². The number of nitrogens with zero attached hydrogens (tertiary/aromatic N) is 1. The van der Waals surface area contributed by atoms with Crippen molar-refractivity contribution in [3.05, 3.63) is 0 Å². The first-order valence-corrected chi connectivity index (χ1v) is 7.40. The minimum Gasteiger partial charge on any atom is -0.479 e. The fraction of sp³-hybridized carbons (Fsp3) is 0.857. The minimum absolute atomic E-state index is 0.0747. The second kappa shape index (κ2) is 6.43. The maximum absolute atomic E-state index is 12.2. The molecule has 0 aromatic rings. The van der Waals surface area contributed by atoms with E-state index in [0.717, 1.165) is 6.54 Å². The zero-order chi connectivity index (χ0) is 14.7. The first kappa shape index (κ1) is 15.1. The fourth-order valence-corrected chi connectivity index (χ4v) is 2.45. The summed E-state index contributed by atoms with van der Waals surface area (Å²) in [6.45, 7) is 5.21. The molecule has 20 heavy (non-hydrogen) atoms. The van der Waals surface area contributed by atoms with Gasteiger partial charge in [0.25, 0.3) is 0 Å². The lowest BCUT2D eigenvalue weighted by Gasteiger charge is -2.27. The van der Waals surface area contributed by atoms with Crippen LogP contribution in [0.5, 0.6) is 0 Å². The highest BCUT2D eigenvalue weighted by Gasteiger charge is 2.32. The number of urea groups is 1. The molecule has 2 N–H and O–H groups in total. The largest absolute Gasteiger partial charge is 0.479 e. The van der Waals surface area contributed by atoms with E-state index in [-0.39, 0.29) is 18.2 Å². The van der Waals surface area contributed by atoms with Gasteiger partial charge in [-0.3, -0.25) is 0 Å². The van der Waals surface area contributed by atoms with Crippen LogP contribution in [-0.4, -0.2) is 53.3 Å². The van der Waals surface area contributed by atoms with Gasteiger partial charge in [0.05, 0.1) is 6.10 Å². The molecule has 0 spiro atoms. The van der Waals surface area contributed by atoms with Crippen LogP contribution >= 0.6 is 0 Å². The average molecular weight is 284 g/mol. The number of carboxylic acids is 1. The number of carbonyl (C=O) groups excluding carboxylic acids is 1. The van der Waals surface area contributed by atoms with Gasteiger partial charge < -0.3 is 20.1 Å². The van der Waals surface area contributed by atoms with Crippen molar-refractivity contribution < 1.29 is 19.4 Å². The monoisotopic (exact) mass is 284 g/mol. The van der Waals surface area contributed by atoms with Gasteiger partial charge >= 0.3 is 12.0 Å². The summed E-state index contributed by atoms with van der Waals surface area (Å²) in [5, 5.41) is 11.7. The zero-order valence-corrected chi connectivity index (χ0v) is 12.2. The smallest absolute Gasteiger partial charge is 0.332 e. The molecule has 2 rings (SSSR count). The molecule has 2 fully saturated rings. The molecule has 2 aliphatic rings. The predicted molar refractivity (Wildman–Crippen MR) is 73.5 cm³/mol. The van der Waals surface area contributed by atoms with Gasteiger partial charge in [0.1, 0.15) is 0 Å². The summed E-state index contributed by atoms with van der Waals surface area (Å²) in [6.07, 6.45) is 2.72. The third kappa shape index (κ3) is 4.10. The van der Waals surface area contributed by atoms with Crippen LogP contribution in [0.25, 0.3) is 0 Å². The third-order valence-electron chi connectivity index (χ3n) is 3.90. The number of nitrogens with one attached hydrogen (secondary N) is 1. The van der Waals surface area contributed by atoms with E-state index in [9.17, 15) is 9.59 Å². The fourth-order valence-electron chi connectivity index (χ4n) is 2.45. The van der Waals surface area contributed by atoms with Gasteiger partial charge in [-0.25, -0.2) is 9.59 Å². The highest BCUT2D eigenvalue weighted by atomic mass is 16.5. The lowest BCUT2D eigenvalue weighted by Crippen LogP contribution is -2.47. The first-order chi connectivity index (χ1) is 9.47. The number of amides is 2. The van der Waals surface area contributed by atoms with Gasteiger partial charge in [0.2, 0.25) is 0 Å². The number of rotatable bonds is 6. The molecule has 6 heteroatoms. The van der Waals surface area contributed by atoms with Gasteiger partial charge in [-0.15, -0.1) is 0 Å². The van der Waals surface area contributed by atoms with E-state index in [1.807, 2.05) is 18.7 Å². The number of aliphatic carboxylic acids is 1. The molecule has 1 saturated carbocycles. The van der Waals surface area contributed by atoms with Crippen molar-refractivity contribution in [2.75, 3.05) is 13.1 Å². The van der Waals surface area contributed by atoms with Crippen LogP contribution in [0.1, 0.15) is 39.5 Å². The molecule has 1 aliphatic carbocycles. The molecule has 0 bridgehead atoms. The van der Waals surface area contributed by atoms with Crippen LogP contribution in [0.4, 0.5) is 4.79 Å². The molecule has 0 aromatic heterocycles. The quantitative estimate of drug-likeness (QED) is 0.773. The molecule has 1 saturated heterocycles. The topological polar surface area (TPSA) is 78.9 Å². The maximum Gasteiger partial charge on any atom is 0.332 e. The Bertz CT molecular complexity index is 368. The van der Waals surface area contributed by atoms with Crippen LogP contribution < -0.4 is 5.32 Å². The zero-order valence-electron chi connectivity index (χ0n) is 12.2. The van der Waals surface area contributed by atoms with Gasteiger partial charge in [0, 0.05) is 19.1 Å². The molecule has 2 unspecified atom stereocenters. The van der Waals surface area contributed by atoms with Gasteiger partial charge in [0.15, 0.2) is 6.10 Å². The summed E-state index contributed by atoms with van der Waals surface area (Å²) >= 11 is 0. The molecule has 0 radical (unpaired) electrons. The summed E-state index contributed by atoms with van der Waals surface area (Å²) in [5.41, 5.74) is 0. The van der Waals surface area contributed by atoms with Crippen molar-refractivity contribution in [1.82, 2.24) is 10.2 Å². The summed E-state index contributed by atoms with van der Waals surface area (Å²) in [6, 6.07) is 0.0983. The molecule has 1 aliphatic heterocycles. The van der Waals surface area contributed by atoms with Crippen molar-refractivity contribution in [3.63, 3.8) is 0 Å². The Balaban J connectivity index is 1.74. The van der Waals surface area contributed by atoms with E-state index in [1.165, 1.54) is 12.8 Å². The summed E-state index contributed by atoms with van der Waals surface area (Å²) < 4.78 is 5.37. The van der Waals surface area contributed by atoms with Crippen molar-refractivity contribution in [2.45, 2.75) is 57.8 Å². The molecule has 2 atom stereocenters. The second-order valence-corrected chi connectivity index (χ2v) is 6.04. The number of hydrogen-bond acceptors (Lipinski definition) is 3. The molecule has 114 valence electrons. The molecule has 2 amide bonds. The highest BCUT2D eigenvalue weighted by molar-refractivity contribution is 5.74. The number of carboxylic acid groups (broad SMARTS) is 1. The average Bonchev–Trinajstić information content (AvgIpc) is 3.08. The second-order valence-electron chi connectivity index (χ2n) is 6.04. The predicted octanol–water partition coefficient (Wildman–Crippen LogP) is 1.45.